The molecule has 1 aromatic carbocycles. The fraction of sp³-hybridized carbons (Fsp3) is 0.250. The highest BCUT2D eigenvalue weighted by Gasteiger charge is 2.47. The average Bonchev–Trinajstić information content (AvgIpc) is 2.15. The maximum Gasteiger partial charge on any atom is 0.501 e. The first-order valence-electron chi connectivity index (χ1n) is 4.08. The Morgan fingerprint density at radius 1 is 1.00 bits per heavy atom. The first-order chi connectivity index (χ1) is 7.46. The van der Waals surface area contributed by atoms with Crippen LogP contribution in [0, 0.1) is 0 Å². The number of rotatable bonds is 2. The van der Waals surface area contributed by atoms with Crippen LogP contribution in [-0.4, -0.2) is 28.6 Å². The molecule has 0 amide bonds. The van der Waals surface area contributed by atoms with Gasteiger partial charge in [-0.1, -0.05) is 6.07 Å². The predicted octanol–water partition coefficient (Wildman–Crippen LogP) is 1.38. The van der Waals surface area contributed by atoms with E-state index in [0.29, 0.717) is 12.1 Å². The largest absolute Gasteiger partial charge is 0.501 e. The second kappa shape index (κ2) is 3.98. The highest BCUT2D eigenvalue weighted by molar-refractivity contribution is 7.92. The summed E-state index contributed by atoms with van der Waals surface area (Å²) in [6, 6.07) is 3.13. The topological polar surface area (TPSA) is 68.3 Å². The second-order valence-corrected chi connectivity index (χ2v) is 7.15. The zero-order valence-corrected chi connectivity index (χ0v) is 10.0. The van der Waals surface area contributed by atoms with E-state index in [1.165, 1.54) is 0 Å². The van der Waals surface area contributed by atoms with E-state index in [4.69, 9.17) is 0 Å². The molecule has 4 nitrogen and oxygen atoms in total. The molecule has 1 rings (SSSR count). The predicted molar refractivity (Wildman–Crippen MR) is 52.8 cm³/mol. The summed E-state index contributed by atoms with van der Waals surface area (Å²) in [6.07, 6.45) is 0.770. The first kappa shape index (κ1) is 14.0. The Morgan fingerprint density at radius 3 is 1.88 bits per heavy atom. The lowest BCUT2D eigenvalue weighted by Crippen LogP contribution is -2.23. The molecule has 0 fully saturated rings. The van der Waals surface area contributed by atoms with Crippen molar-refractivity contribution in [3.63, 3.8) is 0 Å². The van der Waals surface area contributed by atoms with E-state index in [9.17, 15) is 30.0 Å². The van der Waals surface area contributed by atoms with Crippen molar-refractivity contribution in [2.45, 2.75) is 15.3 Å². The van der Waals surface area contributed by atoms with Crippen LogP contribution in [-0.2, 0) is 19.7 Å². The molecule has 0 spiro atoms. The lowest BCUT2D eigenvalue weighted by molar-refractivity contribution is -0.0436. The molecule has 17 heavy (non-hydrogen) atoms. The molecule has 0 bridgehead atoms. The SMILES string of the molecule is CS(=O)(=O)c1cccc(S(=O)(=O)C(F)(F)F)c1. The minimum Gasteiger partial charge on any atom is -0.224 e. The highest BCUT2D eigenvalue weighted by atomic mass is 32.2. The first-order valence-corrected chi connectivity index (χ1v) is 7.45. The van der Waals surface area contributed by atoms with E-state index in [2.05, 4.69) is 0 Å². The van der Waals surface area contributed by atoms with Gasteiger partial charge in [-0.25, -0.2) is 16.8 Å². The van der Waals surface area contributed by atoms with Gasteiger partial charge in [-0.2, -0.15) is 13.2 Å². The third-order valence-corrected chi connectivity index (χ3v) is 4.44. The van der Waals surface area contributed by atoms with E-state index in [1.807, 2.05) is 0 Å². The Bertz CT molecular complexity index is 629. The lowest BCUT2D eigenvalue weighted by atomic mass is 10.4. The number of hydrogen-bond acceptors (Lipinski definition) is 4. The third-order valence-electron chi connectivity index (χ3n) is 1.85. The van der Waals surface area contributed by atoms with Gasteiger partial charge < -0.3 is 0 Å². The molecule has 0 unspecified atom stereocenters. The fourth-order valence-corrected chi connectivity index (χ4v) is 2.55. The molecular formula is C8H7F3O4S2. The van der Waals surface area contributed by atoms with Crippen molar-refractivity contribution in [1.82, 2.24) is 0 Å². The van der Waals surface area contributed by atoms with Crippen LogP contribution in [0.2, 0.25) is 0 Å². The van der Waals surface area contributed by atoms with Crippen LogP contribution in [0.1, 0.15) is 0 Å². The van der Waals surface area contributed by atoms with Gasteiger partial charge >= 0.3 is 5.51 Å². The normalized spacial score (nSPS) is 13.6. The van der Waals surface area contributed by atoms with Gasteiger partial charge in [0.05, 0.1) is 9.79 Å². The number of hydrogen-bond donors (Lipinski definition) is 0. The molecule has 0 aliphatic rings. The zero-order valence-electron chi connectivity index (χ0n) is 8.39. The molecule has 0 aromatic heterocycles. The number of benzene rings is 1. The van der Waals surface area contributed by atoms with Gasteiger partial charge in [-0.05, 0) is 18.2 Å². The monoisotopic (exact) mass is 288 g/mol. The summed E-state index contributed by atoms with van der Waals surface area (Å²) in [4.78, 5) is -1.57. The minimum atomic E-state index is -5.52. The van der Waals surface area contributed by atoms with E-state index >= 15 is 0 Å². The highest BCUT2D eigenvalue weighted by Crippen LogP contribution is 2.30. The Labute approximate surface area is 95.9 Å². The molecule has 0 radical (unpaired) electrons. The Kier molecular flexibility index (Phi) is 3.27. The number of halogens is 3. The van der Waals surface area contributed by atoms with Crippen LogP contribution in [0.3, 0.4) is 0 Å². The van der Waals surface area contributed by atoms with Gasteiger partial charge in [-0.3, -0.25) is 0 Å². The molecular weight excluding hydrogens is 281 g/mol. The van der Waals surface area contributed by atoms with Gasteiger partial charge in [-0.15, -0.1) is 0 Å². The maximum absolute atomic E-state index is 12.2. The molecule has 0 N–H and O–H groups in total. The summed E-state index contributed by atoms with van der Waals surface area (Å²) in [7, 11) is -9.29. The molecule has 0 saturated heterocycles. The average molecular weight is 288 g/mol. The lowest BCUT2D eigenvalue weighted by Gasteiger charge is -2.08. The van der Waals surface area contributed by atoms with Gasteiger partial charge in [0, 0.05) is 6.26 Å². The summed E-state index contributed by atoms with van der Waals surface area (Å²) < 4.78 is 80.8. The molecule has 9 heteroatoms. The summed E-state index contributed by atoms with van der Waals surface area (Å²) in [5.74, 6) is 0. The van der Waals surface area contributed by atoms with Crippen molar-refractivity contribution in [2.24, 2.45) is 0 Å². The Hall–Kier alpha value is -1.09. The maximum atomic E-state index is 12.2. The van der Waals surface area contributed by atoms with Crippen molar-refractivity contribution in [3.05, 3.63) is 24.3 Å². The molecule has 0 saturated carbocycles. The van der Waals surface area contributed by atoms with E-state index < -0.39 is 35.0 Å². The van der Waals surface area contributed by atoms with Crippen molar-refractivity contribution in [3.8, 4) is 0 Å². The molecule has 0 aliphatic heterocycles. The van der Waals surface area contributed by atoms with Gasteiger partial charge in [0.25, 0.3) is 9.84 Å². The quantitative estimate of drug-likeness (QED) is 0.824. The molecule has 0 aliphatic carbocycles. The van der Waals surface area contributed by atoms with Crippen LogP contribution in [0.5, 0.6) is 0 Å². The standard InChI is InChI=1S/C8H7F3O4S2/c1-16(12,13)6-3-2-4-7(5-6)17(14,15)8(9,10)11/h2-5H,1H3. The minimum absolute atomic E-state index is 0.483. The van der Waals surface area contributed by atoms with E-state index in [-0.39, 0.29) is 0 Å². The van der Waals surface area contributed by atoms with Crippen LogP contribution in [0.4, 0.5) is 13.2 Å². The number of sulfone groups is 2. The summed E-state index contributed by atoms with van der Waals surface area (Å²) >= 11 is 0. The zero-order chi connectivity index (χ0) is 13.5. The van der Waals surface area contributed by atoms with Crippen LogP contribution in [0.15, 0.2) is 34.1 Å². The molecule has 96 valence electrons. The van der Waals surface area contributed by atoms with Crippen LogP contribution < -0.4 is 0 Å². The van der Waals surface area contributed by atoms with Crippen LogP contribution >= 0.6 is 0 Å². The van der Waals surface area contributed by atoms with E-state index in [0.717, 1.165) is 18.4 Å². The summed E-state index contributed by atoms with van der Waals surface area (Å²) in [6.45, 7) is 0. The molecule has 1 aromatic rings. The molecule has 0 atom stereocenters. The third kappa shape index (κ3) is 2.78. The van der Waals surface area contributed by atoms with Crippen molar-refractivity contribution >= 4 is 19.7 Å². The molecule has 0 heterocycles. The fourth-order valence-electron chi connectivity index (χ4n) is 1.01. The van der Waals surface area contributed by atoms with Crippen LogP contribution in [0.25, 0.3) is 0 Å². The summed E-state index contributed by atoms with van der Waals surface area (Å²) in [5.41, 5.74) is -5.46. The summed E-state index contributed by atoms with van der Waals surface area (Å²) in [5, 5.41) is 0. The van der Waals surface area contributed by atoms with Crippen molar-refractivity contribution in [2.75, 3.05) is 6.26 Å². The van der Waals surface area contributed by atoms with E-state index in [1.54, 1.807) is 0 Å². The van der Waals surface area contributed by atoms with Crippen molar-refractivity contribution < 1.29 is 30.0 Å². The van der Waals surface area contributed by atoms with Gasteiger partial charge in [0.15, 0.2) is 9.84 Å². The number of alkyl halides is 3. The van der Waals surface area contributed by atoms with Gasteiger partial charge in [0.1, 0.15) is 0 Å². The Balaban J connectivity index is 3.47. The smallest absolute Gasteiger partial charge is 0.224 e. The van der Waals surface area contributed by atoms with Gasteiger partial charge in [0.2, 0.25) is 0 Å². The van der Waals surface area contributed by atoms with Crippen molar-refractivity contribution in [1.29, 1.82) is 0 Å². The Morgan fingerprint density at radius 2 is 1.47 bits per heavy atom. The second-order valence-electron chi connectivity index (χ2n) is 3.20.